The quantitative estimate of drug-likeness (QED) is 0.0298. The van der Waals surface area contributed by atoms with E-state index in [2.05, 4.69) is 85.5 Å². The number of hydrogen-bond donors (Lipinski definition) is 7. The number of carbonyl (C=O) groups excluding carboxylic acids is 5. The Morgan fingerprint density at radius 3 is 1.18 bits per heavy atom. The molecule has 320 valence electrons. The topological polar surface area (TPSA) is 237 Å². The third kappa shape index (κ3) is 31.7. The summed E-state index contributed by atoms with van der Waals surface area (Å²) in [5.74, 6) is -2.44. The van der Waals surface area contributed by atoms with Gasteiger partial charge in [-0.1, -0.05) is 58.9 Å². The molecule has 8 N–H and O–H groups in total. The molecule has 0 heterocycles. The summed E-state index contributed by atoms with van der Waals surface area (Å²) in [5, 5.41) is 23.1. The Labute approximate surface area is 332 Å². The van der Waals surface area contributed by atoms with Gasteiger partial charge >= 0.3 is 24.2 Å². The van der Waals surface area contributed by atoms with Crippen molar-refractivity contribution in [3.8, 4) is 0 Å². The summed E-state index contributed by atoms with van der Waals surface area (Å²) in [7, 11) is -3.98. The van der Waals surface area contributed by atoms with Crippen molar-refractivity contribution in [2.75, 3.05) is 39.5 Å². The van der Waals surface area contributed by atoms with Gasteiger partial charge < -0.3 is 51.6 Å². The van der Waals surface area contributed by atoms with Gasteiger partial charge in [-0.05, 0) is 75.9 Å². The fourth-order valence-electron chi connectivity index (χ4n) is 4.72. The van der Waals surface area contributed by atoms with Gasteiger partial charge in [-0.2, -0.15) is 0 Å². The second-order valence-electron chi connectivity index (χ2n) is 17.7. The van der Waals surface area contributed by atoms with Crippen LogP contribution in [0.2, 0.25) is 77.1 Å². The molecule has 0 aromatic heterocycles. The van der Waals surface area contributed by atoms with Crippen LogP contribution in [0.1, 0.15) is 57.8 Å². The minimum absolute atomic E-state index is 0.108. The molecule has 0 saturated heterocycles. The average molecular weight is 835 g/mol. The van der Waals surface area contributed by atoms with Crippen LogP contribution in [0.25, 0.3) is 0 Å². The van der Waals surface area contributed by atoms with Crippen LogP contribution in [0.4, 0.5) is 14.4 Å². The molecule has 0 aromatic rings. The summed E-state index contributed by atoms with van der Waals surface area (Å²) in [5.41, 5.74) is 6.16. The predicted molar refractivity (Wildman–Crippen MR) is 224 cm³/mol. The summed E-state index contributed by atoms with van der Waals surface area (Å²) >= 11 is 0. The second kappa shape index (κ2) is 27.4. The number of carbonyl (C=O) groups is 6. The summed E-state index contributed by atoms with van der Waals surface area (Å²) in [4.78, 5) is 74.4. The molecule has 0 aliphatic heterocycles. The number of carboxylic acids is 1. The second-order valence-corrected chi connectivity index (χ2v) is 34.5. The molecule has 0 spiro atoms. The highest BCUT2D eigenvalue weighted by atomic mass is 28.3. The first-order valence-electron chi connectivity index (χ1n) is 19.8. The van der Waals surface area contributed by atoms with Crippen molar-refractivity contribution in [1.82, 2.24) is 26.6 Å². The molecule has 55 heavy (non-hydrogen) atoms. The van der Waals surface area contributed by atoms with Crippen LogP contribution in [0.15, 0.2) is 0 Å². The molecule has 3 atom stereocenters. The monoisotopic (exact) mass is 834 g/mol. The molecular formula is C36H74N6O10Si3. The molecule has 0 unspecified atom stereocenters. The van der Waals surface area contributed by atoms with Crippen LogP contribution in [0, 0.1) is 0 Å². The van der Waals surface area contributed by atoms with Crippen molar-refractivity contribution in [2.45, 2.75) is 153 Å². The Morgan fingerprint density at radius 2 is 0.836 bits per heavy atom. The van der Waals surface area contributed by atoms with Gasteiger partial charge in [0.15, 0.2) is 0 Å². The number of nitrogens with one attached hydrogen (secondary N) is 5. The summed E-state index contributed by atoms with van der Waals surface area (Å²) in [6, 6.07) is -0.631. The van der Waals surface area contributed by atoms with E-state index < -0.39 is 78.4 Å². The zero-order valence-electron chi connectivity index (χ0n) is 35.2. The van der Waals surface area contributed by atoms with E-state index in [4.69, 9.17) is 19.9 Å². The third-order valence-electron chi connectivity index (χ3n) is 8.43. The Morgan fingerprint density at radius 1 is 0.509 bits per heavy atom. The highest BCUT2D eigenvalue weighted by Gasteiger charge is 2.28. The van der Waals surface area contributed by atoms with Crippen molar-refractivity contribution >= 4 is 60.3 Å². The first-order valence-corrected chi connectivity index (χ1v) is 30.9. The van der Waals surface area contributed by atoms with E-state index in [0.717, 1.165) is 18.1 Å². The minimum atomic E-state index is -1.34. The maximum atomic E-state index is 13.4. The average Bonchev–Trinajstić information content (AvgIpc) is 3.04. The molecule has 0 fully saturated rings. The lowest BCUT2D eigenvalue weighted by Gasteiger charge is -2.23. The Hall–Kier alpha value is -3.17. The van der Waals surface area contributed by atoms with Gasteiger partial charge in [0.2, 0.25) is 11.8 Å². The van der Waals surface area contributed by atoms with E-state index in [1.807, 2.05) is 0 Å². The lowest BCUT2D eigenvalue weighted by molar-refractivity contribution is -0.142. The number of amides is 5. The SMILES string of the molecule is C[Si](C)(C)CCOC(=O)NCCCC[C@H](NC(=O)[C@H](CCCCNC(=O)OCC[Si](C)(C)C)NC(=O)[C@@H](N)CCCCNC(=O)OCC[Si](C)(C)C)C(=O)O. The molecule has 0 radical (unpaired) electrons. The molecule has 0 bridgehead atoms. The van der Waals surface area contributed by atoms with Gasteiger partial charge in [0, 0.05) is 43.9 Å². The van der Waals surface area contributed by atoms with Crippen molar-refractivity contribution in [3.63, 3.8) is 0 Å². The van der Waals surface area contributed by atoms with Gasteiger partial charge in [-0.3, -0.25) is 9.59 Å². The van der Waals surface area contributed by atoms with Crippen LogP contribution < -0.4 is 32.3 Å². The standard InChI is InChI=1S/C36H74N6O10Si3/c1-53(2,3)25-22-50-34(47)38-19-13-10-16-28(37)31(43)41-29(17-11-14-20-39-35(48)51-23-26-54(4,5)6)32(44)42-30(33(45)46)18-12-15-21-40-36(49)52-24-27-55(7,8)9/h28-30H,10-27,37H2,1-9H3,(H,38,47)(H,39,48)(H,40,49)(H,41,43)(H,42,44)(H,45,46)/t28-,29-,30-/m0/s1. The molecule has 0 saturated carbocycles. The van der Waals surface area contributed by atoms with Gasteiger partial charge in [-0.25, -0.2) is 19.2 Å². The number of hydrogen-bond acceptors (Lipinski definition) is 10. The smallest absolute Gasteiger partial charge is 0.407 e. The Kier molecular flexibility index (Phi) is 25.9. The van der Waals surface area contributed by atoms with Gasteiger partial charge in [-0.15, -0.1) is 0 Å². The van der Waals surface area contributed by atoms with Crippen molar-refractivity contribution in [2.24, 2.45) is 5.73 Å². The molecule has 16 nitrogen and oxygen atoms in total. The number of rotatable bonds is 29. The molecule has 0 aliphatic carbocycles. The van der Waals surface area contributed by atoms with Crippen LogP contribution in [0.3, 0.4) is 0 Å². The fraction of sp³-hybridized carbons (Fsp3) is 0.833. The Balaban J connectivity index is 5.06. The predicted octanol–water partition coefficient (Wildman–Crippen LogP) is 5.07. The number of aliphatic carboxylic acids is 1. The fourth-order valence-corrected chi connectivity index (χ4v) is 6.86. The van der Waals surface area contributed by atoms with Gasteiger partial charge in [0.05, 0.1) is 25.9 Å². The molecule has 19 heteroatoms. The lowest BCUT2D eigenvalue weighted by Crippen LogP contribution is -2.54. The van der Waals surface area contributed by atoms with E-state index in [9.17, 15) is 33.9 Å². The molecule has 5 amide bonds. The van der Waals surface area contributed by atoms with E-state index in [0.29, 0.717) is 84.4 Å². The van der Waals surface area contributed by atoms with Crippen LogP contribution in [-0.4, -0.2) is 123 Å². The molecule has 0 rings (SSSR count). The first kappa shape index (κ1) is 51.8. The normalized spacial score (nSPS) is 13.4. The van der Waals surface area contributed by atoms with E-state index in [-0.39, 0.29) is 12.8 Å². The number of alkyl carbamates (subject to hydrolysis) is 3. The van der Waals surface area contributed by atoms with Gasteiger partial charge in [0.1, 0.15) is 12.1 Å². The van der Waals surface area contributed by atoms with Crippen molar-refractivity contribution in [1.29, 1.82) is 0 Å². The first-order chi connectivity index (χ1) is 25.5. The highest BCUT2D eigenvalue weighted by Crippen LogP contribution is 2.11. The largest absolute Gasteiger partial charge is 0.480 e. The lowest BCUT2D eigenvalue weighted by atomic mass is 10.0. The number of nitrogens with two attached hydrogens (primary N) is 1. The summed E-state index contributed by atoms with van der Waals surface area (Å²) in [6.45, 7) is 21.8. The van der Waals surface area contributed by atoms with Crippen LogP contribution in [-0.2, 0) is 28.6 Å². The van der Waals surface area contributed by atoms with E-state index >= 15 is 0 Å². The van der Waals surface area contributed by atoms with Crippen LogP contribution in [0.5, 0.6) is 0 Å². The maximum absolute atomic E-state index is 13.4. The summed E-state index contributed by atoms with van der Waals surface area (Å²) in [6.07, 6.45) is 1.97. The Bertz CT molecular complexity index is 1180. The molecule has 0 aromatic carbocycles. The summed E-state index contributed by atoms with van der Waals surface area (Å²) < 4.78 is 15.7. The number of unbranched alkanes of at least 4 members (excludes halogenated alkanes) is 3. The van der Waals surface area contributed by atoms with Crippen molar-refractivity contribution < 1.29 is 48.1 Å². The molecular weight excluding hydrogens is 761 g/mol. The van der Waals surface area contributed by atoms with E-state index in [1.165, 1.54) is 0 Å². The highest BCUT2D eigenvalue weighted by molar-refractivity contribution is 6.76. The third-order valence-corrected chi connectivity index (χ3v) is 13.5. The molecule has 0 aliphatic rings. The van der Waals surface area contributed by atoms with E-state index in [1.54, 1.807) is 0 Å². The van der Waals surface area contributed by atoms with Crippen LogP contribution >= 0.6 is 0 Å². The maximum Gasteiger partial charge on any atom is 0.407 e. The van der Waals surface area contributed by atoms with Crippen molar-refractivity contribution in [3.05, 3.63) is 0 Å². The number of ether oxygens (including phenoxy) is 3. The minimum Gasteiger partial charge on any atom is -0.480 e. The zero-order valence-corrected chi connectivity index (χ0v) is 38.2. The number of carboxylic acid groups (broad SMARTS) is 1. The zero-order chi connectivity index (χ0) is 42.1. The van der Waals surface area contributed by atoms with Gasteiger partial charge in [0.25, 0.3) is 0 Å².